The first-order valence-corrected chi connectivity index (χ1v) is 7.95. The molecular weight excluding hydrogens is 319 g/mol. The Kier molecular flexibility index (Phi) is 4.80. The second-order valence-corrected chi connectivity index (χ2v) is 6.00. The van der Waals surface area contributed by atoms with E-state index in [4.69, 9.17) is 4.74 Å². The number of rotatable bonds is 6. The molecule has 0 radical (unpaired) electrons. The molecule has 3 aromatic rings. The SMILES string of the molecule is O=c1c2ccsc2ncn1CC(O)COCc1ccccc1F. The smallest absolute Gasteiger partial charge is 0.262 e. The molecule has 0 fully saturated rings. The Labute approximate surface area is 135 Å². The number of hydrogen-bond donors (Lipinski definition) is 1. The van der Waals surface area contributed by atoms with Crippen LogP contribution in [-0.2, 0) is 17.9 Å². The number of nitrogens with zero attached hydrogens (tertiary/aromatic N) is 2. The molecule has 0 spiro atoms. The third-order valence-corrected chi connectivity index (χ3v) is 4.20. The summed E-state index contributed by atoms with van der Waals surface area (Å²) in [7, 11) is 0. The molecule has 5 nitrogen and oxygen atoms in total. The summed E-state index contributed by atoms with van der Waals surface area (Å²) in [6.45, 7) is 0.151. The summed E-state index contributed by atoms with van der Waals surface area (Å²) in [4.78, 5) is 17.0. The maximum atomic E-state index is 13.4. The summed E-state index contributed by atoms with van der Waals surface area (Å²) in [5, 5.41) is 12.3. The maximum Gasteiger partial charge on any atom is 0.262 e. The highest BCUT2D eigenvalue weighted by atomic mass is 32.1. The highest BCUT2D eigenvalue weighted by Crippen LogP contribution is 2.13. The highest BCUT2D eigenvalue weighted by Gasteiger charge is 2.10. The van der Waals surface area contributed by atoms with Crippen LogP contribution in [0.5, 0.6) is 0 Å². The Morgan fingerprint density at radius 3 is 3.00 bits per heavy atom. The van der Waals surface area contributed by atoms with Gasteiger partial charge < -0.3 is 9.84 Å². The molecule has 1 unspecified atom stereocenters. The fourth-order valence-electron chi connectivity index (χ4n) is 2.22. The van der Waals surface area contributed by atoms with Gasteiger partial charge in [-0.15, -0.1) is 11.3 Å². The zero-order valence-corrected chi connectivity index (χ0v) is 13.0. The van der Waals surface area contributed by atoms with Crippen molar-refractivity contribution >= 4 is 21.6 Å². The van der Waals surface area contributed by atoms with Crippen LogP contribution >= 0.6 is 11.3 Å². The first-order chi connectivity index (χ1) is 11.1. The monoisotopic (exact) mass is 334 g/mol. The molecular formula is C16H15FN2O3S. The van der Waals surface area contributed by atoms with E-state index in [-0.39, 0.29) is 31.1 Å². The van der Waals surface area contributed by atoms with Crippen molar-refractivity contribution < 1.29 is 14.2 Å². The Morgan fingerprint density at radius 2 is 2.17 bits per heavy atom. The van der Waals surface area contributed by atoms with Crippen LogP contribution in [0, 0.1) is 5.82 Å². The molecule has 0 amide bonds. The van der Waals surface area contributed by atoms with Crippen LogP contribution in [0.15, 0.2) is 46.8 Å². The molecule has 23 heavy (non-hydrogen) atoms. The Morgan fingerprint density at radius 1 is 1.35 bits per heavy atom. The van der Waals surface area contributed by atoms with Gasteiger partial charge in [-0.2, -0.15) is 0 Å². The number of thiophene rings is 1. The van der Waals surface area contributed by atoms with Crippen LogP contribution in [-0.4, -0.2) is 27.4 Å². The molecule has 120 valence electrons. The number of fused-ring (bicyclic) bond motifs is 1. The highest BCUT2D eigenvalue weighted by molar-refractivity contribution is 7.16. The van der Waals surface area contributed by atoms with Gasteiger partial charge in [0.1, 0.15) is 10.6 Å². The maximum absolute atomic E-state index is 13.4. The fourth-order valence-corrected chi connectivity index (χ4v) is 2.95. The summed E-state index contributed by atoms with van der Waals surface area (Å²) < 4.78 is 20.1. The third-order valence-electron chi connectivity index (χ3n) is 3.38. The summed E-state index contributed by atoms with van der Waals surface area (Å²) >= 11 is 1.39. The second-order valence-electron chi connectivity index (χ2n) is 5.10. The molecule has 0 aliphatic carbocycles. The molecule has 2 heterocycles. The largest absolute Gasteiger partial charge is 0.389 e. The topological polar surface area (TPSA) is 64.4 Å². The summed E-state index contributed by atoms with van der Waals surface area (Å²) in [5.74, 6) is -0.342. The molecule has 0 bridgehead atoms. The van der Waals surface area contributed by atoms with Gasteiger partial charge in [0.2, 0.25) is 0 Å². The normalized spacial score (nSPS) is 12.6. The minimum atomic E-state index is -0.877. The zero-order chi connectivity index (χ0) is 16.2. The van der Waals surface area contributed by atoms with E-state index in [0.29, 0.717) is 15.8 Å². The number of benzene rings is 1. The van der Waals surface area contributed by atoms with Gasteiger partial charge in [-0.1, -0.05) is 18.2 Å². The van der Waals surface area contributed by atoms with Crippen molar-refractivity contribution in [1.82, 2.24) is 9.55 Å². The van der Waals surface area contributed by atoms with Crippen molar-refractivity contribution in [3.63, 3.8) is 0 Å². The van der Waals surface area contributed by atoms with Gasteiger partial charge in [-0.3, -0.25) is 9.36 Å². The molecule has 1 atom stereocenters. The van der Waals surface area contributed by atoms with E-state index in [0.717, 1.165) is 0 Å². The average Bonchev–Trinajstić information content (AvgIpc) is 3.01. The second kappa shape index (κ2) is 6.99. The van der Waals surface area contributed by atoms with Gasteiger partial charge in [0.25, 0.3) is 5.56 Å². The molecule has 3 rings (SSSR count). The summed E-state index contributed by atoms with van der Waals surface area (Å²) in [6.07, 6.45) is 0.540. The molecule has 2 aromatic heterocycles. The van der Waals surface area contributed by atoms with Crippen molar-refractivity contribution in [3.05, 3.63) is 63.8 Å². The van der Waals surface area contributed by atoms with Crippen molar-refractivity contribution in [2.75, 3.05) is 6.61 Å². The van der Waals surface area contributed by atoms with Crippen LogP contribution in [0.4, 0.5) is 4.39 Å². The van der Waals surface area contributed by atoms with Crippen molar-refractivity contribution in [2.24, 2.45) is 0 Å². The van der Waals surface area contributed by atoms with Gasteiger partial charge in [0.05, 0.1) is 37.6 Å². The molecule has 0 saturated carbocycles. The van der Waals surface area contributed by atoms with Crippen LogP contribution < -0.4 is 5.56 Å². The number of aliphatic hydroxyl groups excluding tert-OH is 1. The average molecular weight is 334 g/mol. The predicted molar refractivity (Wildman–Crippen MR) is 85.9 cm³/mol. The quantitative estimate of drug-likeness (QED) is 0.750. The Balaban J connectivity index is 1.58. The number of halogens is 1. The third kappa shape index (κ3) is 3.64. The lowest BCUT2D eigenvalue weighted by molar-refractivity contribution is 0.0189. The van der Waals surface area contributed by atoms with Crippen LogP contribution in [0.1, 0.15) is 5.56 Å². The molecule has 1 N–H and O–H groups in total. The molecule has 1 aromatic carbocycles. The first-order valence-electron chi connectivity index (χ1n) is 7.07. The number of aliphatic hydroxyl groups is 1. The van der Waals surface area contributed by atoms with Crippen molar-refractivity contribution in [3.8, 4) is 0 Å². The van der Waals surface area contributed by atoms with Crippen LogP contribution in [0.3, 0.4) is 0 Å². The van der Waals surface area contributed by atoms with E-state index in [1.165, 1.54) is 28.3 Å². The first kappa shape index (κ1) is 15.8. The lowest BCUT2D eigenvalue weighted by atomic mass is 10.2. The van der Waals surface area contributed by atoms with E-state index in [1.54, 1.807) is 29.6 Å². The Bertz CT molecular complexity index is 862. The molecule has 0 saturated heterocycles. The standard InChI is InChI=1S/C16H15FN2O3S/c17-14-4-2-1-3-11(14)8-22-9-12(20)7-19-10-18-15-13(16(19)21)5-6-23-15/h1-6,10,12,20H,7-9H2. The van der Waals surface area contributed by atoms with Crippen molar-refractivity contribution in [1.29, 1.82) is 0 Å². The van der Waals surface area contributed by atoms with E-state index < -0.39 is 6.10 Å². The zero-order valence-electron chi connectivity index (χ0n) is 12.2. The minimum Gasteiger partial charge on any atom is -0.389 e. The number of hydrogen-bond acceptors (Lipinski definition) is 5. The summed E-state index contributed by atoms with van der Waals surface area (Å²) in [5.41, 5.74) is 0.239. The lowest BCUT2D eigenvalue weighted by Gasteiger charge is -2.13. The van der Waals surface area contributed by atoms with Crippen LogP contribution in [0.2, 0.25) is 0 Å². The summed E-state index contributed by atoms with van der Waals surface area (Å²) in [6, 6.07) is 8.02. The van der Waals surface area contributed by atoms with E-state index >= 15 is 0 Å². The lowest BCUT2D eigenvalue weighted by Crippen LogP contribution is -2.29. The van der Waals surface area contributed by atoms with Gasteiger partial charge >= 0.3 is 0 Å². The number of ether oxygens (including phenoxy) is 1. The Hall–Kier alpha value is -2.09. The van der Waals surface area contributed by atoms with Gasteiger partial charge in [0.15, 0.2) is 0 Å². The number of aromatic nitrogens is 2. The van der Waals surface area contributed by atoms with Crippen LogP contribution in [0.25, 0.3) is 10.2 Å². The molecule has 7 heteroatoms. The van der Waals surface area contributed by atoms with Gasteiger partial charge in [-0.25, -0.2) is 9.37 Å². The predicted octanol–water partition coefficient (Wildman–Crippen LogP) is 2.17. The minimum absolute atomic E-state index is 0.00243. The fraction of sp³-hybridized carbons (Fsp3) is 0.250. The van der Waals surface area contributed by atoms with E-state index in [9.17, 15) is 14.3 Å². The van der Waals surface area contributed by atoms with Gasteiger partial charge in [-0.05, 0) is 17.5 Å². The van der Waals surface area contributed by atoms with Crippen molar-refractivity contribution in [2.45, 2.75) is 19.3 Å². The molecule has 0 aliphatic rings. The molecule has 0 aliphatic heterocycles. The van der Waals surface area contributed by atoms with E-state index in [1.807, 2.05) is 0 Å². The van der Waals surface area contributed by atoms with Gasteiger partial charge in [0, 0.05) is 5.56 Å². The van der Waals surface area contributed by atoms with E-state index in [2.05, 4.69) is 4.98 Å².